The van der Waals surface area contributed by atoms with E-state index in [9.17, 15) is 9.90 Å². The molecule has 2 aromatic carbocycles. The van der Waals surface area contributed by atoms with Gasteiger partial charge in [-0.1, -0.05) is 12.1 Å². The molecule has 0 aliphatic carbocycles. The fourth-order valence-corrected chi connectivity index (χ4v) is 2.17. The zero-order valence-corrected chi connectivity index (χ0v) is 13.2. The topological polar surface area (TPSA) is 88.0 Å². The Morgan fingerprint density at radius 2 is 1.79 bits per heavy atom. The molecule has 0 aliphatic rings. The number of oxazole rings is 1. The van der Waals surface area contributed by atoms with Crippen LogP contribution in [0.15, 0.2) is 74.6 Å². The average Bonchev–Trinajstić information content (AvgIpc) is 2.99. The lowest BCUT2D eigenvalue weighted by molar-refractivity contribution is -0.113. The summed E-state index contributed by atoms with van der Waals surface area (Å²) >= 11 is 0. The van der Waals surface area contributed by atoms with Crippen LogP contribution in [0, 0.1) is 0 Å². The SMILES string of the molecule is CC(=O)/C(N=Nc1ccc(-c2nc3ccccc3o2)cc1)=C(\C)O. The summed E-state index contributed by atoms with van der Waals surface area (Å²) in [6.45, 7) is 2.72. The lowest BCUT2D eigenvalue weighted by Gasteiger charge is -1.98. The Labute approximate surface area is 138 Å². The normalized spacial score (nSPS) is 12.6. The summed E-state index contributed by atoms with van der Waals surface area (Å²) in [7, 11) is 0. The first-order valence-corrected chi connectivity index (χ1v) is 7.33. The molecule has 1 N–H and O–H groups in total. The molecule has 0 saturated heterocycles. The molecule has 3 aromatic rings. The van der Waals surface area contributed by atoms with Crippen molar-refractivity contribution in [3.63, 3.8) is 0 Å². The number of carbonyl (C=O) groups is 1. The minimum atomic E-state index is -0.346. The first-order valence-electron chi connectivity index (χ1n) is 7.33. The second-order valence-corrected chi connectivity index (χ2v) is 5.22. The average molecular weight is 321 g/mol. The van der Waals surface area contributed by atoms with Crippen molar-refractivity contribution in [2.45, 2.75) is 13.8 Å². The fourth-order valence-electron chi connectivity index (χ4n) is 2.17. The summed E-state index contributed by atoms with van der Waals surface area (Å²) < 4.78 is 5.70. The Balaban J connectivity index is 1.85. The standard InChI is InChI=1S/C18H15N3O3/c1-11(22)17(12(2)23)21-20-14-9-7-13(8-10-14)18-19-15-5-3-4-6-16(15)24-18/h3-10,22H,1-2H3/b17-11-,21-20?. The highest BCUT2D eigenvalue weighted by atomic mass is 16.3. The molecule has 120 valence electrons. The zero-order chi connectivity index (χ0) is 17.1. The number of benzene rings is 2. The van der Waals surface area contributed by atoms with Crippen molar-refractivity contribution in [2.24, 2.45) is 10.2 Å². The minimum absolute atomic E-state index is 0.0574. The van der Waals surface area contributed by atoms with Crippen LogP contribution in [0.2, 0.25) is 0 Å². The molecule has 0 unspecified atom stereocenters. The van der Waals surface area contributed by atoms with E-state index in [-0.39, 0.29) is 17.2 Å². The van der Waals surface area contributed by atoms with Crippen LogP contribution in [0.25, 0.3) is 22.6 Å². The van der Waals surface area contributed by atoms with E-state index in [1.54, 1.807) is 12.1 Å². The first-order chi connectivity index (χ1) is 11.5. The number of para-hydroxylation sites is 2. The van der Waals surface area contributed by atoms with E-state index in [4.69, 9.17) is 4.42 Å². The molecule has 0 aliphatic heterocycles. The van der Waals surface area contributed by atoms with Gasteiger partial charge in [0.25, 0.3) is 0 Å². The predicted molar refractivity (Wildman–Crippen MR) is 90.0 cm³/mol. The van der Waals surface area contributed by atoms with Crippen molar-refractivity contribution < 1.29 is 14.3 Å². The van der Waals surface area contributed by atoms with Crippen LogP contribution in [0.4, 0.5) is 5.69 Å². The maximum absolute atomic E-state index is 11.3. The number of allylic oxidation sites excluding steroid dienone is 2. The number of ketones is 1. The number of carbonyl (C=O) groups excluding carboxylic acids is 1. The maximum Gasteiger partial charge on any atom is 0.227 e. The Bertz CT molecular complexity index is 916. The van der Waals surface area contributed by atoms with Gasteiger partial charge in [-0.2, -0.15) is 5.11 Å². The number of hydrogen-bond donors (Lipinski definition) is 1. The number of aliphatic hydroxyl groups excluding tert-OH is 1. The van der Waals surface area contributed by atoms with E-state index in [0.717, 1.165) is 16.7 Å². The summed E-state index contributed by atoms with van der Waals surface area (Å²) in [5, 5.41) is 17.2. The third-order valence-electron chi connectivity index (χ3n) is 3.35. The fraction of sp³-hybridized carbons (Fsp3) is 0.111. The van der Waals surface area contributed by atoms with Crippen LogP contribution in [-0.4, -0.2) is 15.9 Å². The van der Waals surface area contributed by atoms with Crippen LogP contribution in [0.3, 0.4) is 0 Å². The van der Waals surface area contributed by atoms with Gasteiger partial charge in [0, 0.05) is 12.5 Å². The summed E-state index contributed by atoms with van der Waals surface area (Å²) in [5.74, 6) is 0.0198. The third-order valence-corrected chi connectivity index (χ3v) is 3.35. The van der Waals surface area contributed by atoms with Crippen LogP contribution in [0.1, 0.15) is 13.8 Å². The second-order valence-electron chi connectivity index (χ2n) is 5.22. The molecule has 0 fully saturated rings. The van der Waals surface area contributed by atoms with Crippen LogP contribution in [0.5, 0.6) is 0 Å². The highest BCUT2D eigenvalue weighted by Gasteiger charge is 2.08. The monoisotopic (exact) mass is 321 g/mol. The molecule has 0 atom stereocenters. The molecule has 24 heavy (non-hydrogen) atoms. The predicted octanol–water partition coefficient (Wildman–Crippen LogP) is 4.96. The van der Waals surface area contributed by atoms with Gasteiger partial charge in [-0.15, -0.1) is 5.11 Å². The molecule has 0 bridgehead atoms. The Hall–Kier alpha value is -3.28. The Morgan fingerprint density at radius 3 is 2.42 bits per heavy atom. The molecule has 0 saturated carbocycles. The van der Waals surface area contributed by atoms with E-state index < -0.39 is 0 Å². The molecule has 6 nitrogen and oxygen atoms in total. The number of nitrogens with zero attached hydrogens (tertiary/aromatic N) is 3. The van der Waals surface area contributed by atoms with Crippen LogP contribution >= 0.6 is 0 Å². The summed E-state index contributed by atoms with van der Waals surface area (Å²) in [5.41, 5.74) is 2.83. The van der Waals surface area contributed by atoms with Gasteiger partial charge in [-0.05, 0) is 43.3 Å². The molecular weight excluding hydrogens is 306 g/mol. The highest BCUT2D eigenvalue weighted by molar-refractivity contribution is 5.93. The molecule has 6 heteroatoms. The smallest absolute Gasteiger partial charge is 0.227 e. The van der Waals surface area contributed by atoms with E-state index in [1.807, 2.05) is 36.4 Å². The van der Waals surface area contributed by atoms with Crippen molar-refractivity contribution in [3.05, 3.63) is 60.0 Å². The Kier molecular flexibility index (Phi) is 4.20. The van der Waals surface area contributed by atoms with Crippen molar-refractivity contribution in [3.8, 4) is 11.5 Å². The van der Waals surface area contributed by atoms with Crippen molar-refractivity contribution in [1.29, 1.82) is 0 Å². The number of aromatic nitrogens is 1. The van der Waals surface area contributed by atoms with Gasteiger partial charge in [0.05, 0.1) is 5.69 Å². The van der Waals surface area contributed by atoms with Crippen molar-refractivity contribution in [2.75, 3.05) is 0 Å². The minimum Gasteiger partial charge on any atom is -0.510 e. The van der Waals surface area contributed by atoms with Gasteiger partial charge < -0.3 is 9.52 Å². The van der Waals surface area contributed by atoms with E-state index in [0.29, 0.717) is 11.6 Å². The van der Waals surface area contributed by atoms with Gasteiger partial charge >= 0.3 is 0 Å². The lowest BCUT2D eigenvalue weighted by Crippen LogP contribution is -1.96. The first kappa shape index (κ1) is 15.6. The molecule has 0 amide bonds. The van der Waals surface area contributed by atoms with Gasteiger partial charge in [-0.25, -0.2) is 4.98 Å². The van der Waals surface area contributed by atoms with Crippen LogP contribution in [-0.2, 0) is 4.79 Å². The number of rotatable bonds is 4. The largest absolute Gasteiger partial charge is 0.510 e. The van der Waals surface area contributed by atoms with Crippen molar-refractivity contribution in [1.82, 2.24) is 4.98 Å². The highest BCUT2D eigenvalue weighted by Crippen LogP contribution is 2.26. The maximum atomic E-state index is 11.3. The third kappa shape index (κ3) is 3.22. The second kappa shape index (κ2) is 6.45. The molecule has 1 aromatic heterocycles. The lowest BCUT2D eigenvalue weighted by atomic mass is 10.2. The molecule has 3 rings (SSSR count). The summed E-state index contributed by atoms with van der Waals surface area (Å²) in [6.07, 6.45) is 0. The van der Waals surface area contributed by atoms with Gasteiger partial charge in [0.2, 0.25) is 5.89 Å². The van der Waals surface area contributed by atoms with Crippen LogP contribution < -0.4 is 0 Å². The summed E-state index contributed by atoms with van der Waals surface area (Å²) in [6, 6.07) is 14.6. The molecule has 1 heterocycles. The number of fused-ring (bicyclic) bond motifs is 1. The van der Waals surface area contributed by atoms with E-state index >= 15 is 0 Å². The van der Waals surface area contributed by atoms with Gasteiger partial charge in [0.15, 0.2) is 17.1 Å². The van der Waals surface area contributed by atoms with Gasteiger partial charge in [0.1, 0.15) is 11.3 Å². The van der Waals surface area contributed by atoms with Crippen molar-refractivity contribution >= 4 is 22.6 Å². The summed E-state index contributed by atoms with van der Waals surface area (Å²) in [4.78, 5) is 15.8. The quantitative estimate of drug-likeness (QED) is 0.418. The number of aliphatic hydroxyl groups is 1. The van der Waals surface area contributed by atoms with Gasteiger partial charge in [-0.3, -0.25) is 4.79 Å². The number of azo groups is 1. The molecule has 0 radical (unpaired) electrons. The zero-order valence-electron chi connectivity index (χ0n) is 13.2. The molecular formula is C18H15N3O3. The Morgan fingerprint density at radius 1 is 1.08 bits per heavy atom. The molecule has 0 spiro atoms. The van der Waals surface area contributed by atoms with E-state index in [1.165, 1.54) is 13.8 Å². The number of hydrogen-bond acceptors (Lipinski definition) is 6. The number of Topliss-reactive ketones (excluding diaryl/α,β-unsaturated/α-hetero) is 1. The van der Waals surface area contributed by atoms with E-state index in [2.05, 4.69) is 15.2 Å².